The lowest BCUT2D eigenvalue weighted by molar-refractivity contribution is -0.121. The van der Waals surface area contributed by atoms with Crippen LogP contribution in [-0.2, 0) is 4.79 Å². The molecule has 162 valence electrons. The van der Waals surface area contributed by atoms with Crippen LogP contribution in [0.2, 0.25) is 0 Å². The molecule has 1 saturated carbocycles. The van der Waals surface area contributed by atoms with Gasteiger partial charge in [0, 0.05) is 29.3 Å². The van der Waals surface area contributed by atoms with Crippen molar-refractivity contribution in [3.8, 4) is 6.07 Å². The van der Waals surface area contributed by atoms with Gasteiger partial charge in [-0.3, -0.25) is 9.78 Å². The molecule has 3 aromatic rings. The summed E-state index contributed by atoms with van der Waals surface area (Å²) in [6, 6.07) is 15.9. The second-order valence-corrected chi connectivity index (χ2v) is 8.48. The van der Waals surface area contributed by atoms with Crippen molar-refractivity contribution in [2.75, 3.05) is 5.32 Å². The number of nitrogens with one attached hydrogen (secondary N) is 1. The number of pyridine rings is 1. The summed E-state index contributed by atoms with van der Waals surface area (Å²) in [6.45, 7) is 3.86. The third kappa shape index (κ3) is 4.70. The molecule has 1 atom stereocenters. The van der Waals surface area contributed by atoms with Crippen molar-refractivity contribution >= 4 is 22.5 Å². The van der Waals surface area contributed by atoms with Gasteiger partial charge in [-0.15, -0.1) is 6.58 Å². The number of hydrogen-bond acceptors (Lipinski definition) is 3. The number of anilines is 1. The van der Waals surface area contributed by atoms with Crippen molar-refractivity contribution in [2.45, 2.75) is 38.0 Å². The van der Waals surface area contributed by atoms with Gasteiger partial charge in [0.25, 0.3) is 0 Å². The number of carbonyl (C=O) groups is 1. The molecule has 1 amide bonds. The van der Waals surface area contributed by atoms with E-state index < -0.39 is 0 Å². The highest BCUT2D eigenvalue weighted by molar-refractivity contribution is 5.93. The quantitative estimate of drug-likeness (QED) is 0.466. The largest absolute Gasteiger partial charge is 0.326 e. The maximum Gasteiger partial charge on any atom is 0.228 e. The normalized spacial score (nSPS) is 19.1. The maximum atomic E-state index is 13.6. The minimum atomic E-state index is -0.272. The van der Waals surface area contributed by atoms with Crippen molar-refractivity contribution in [3.63, 3.8) is 0 Å². The molecule has 1 fully saturated rings. The number of hydrogen-bond donors (Lipinski definition) is 1. The number of benzene rings is 2. The fourth-order valence-electron chi connectivity index (χ4n) is 4.89. The molecule has 0 spiro atoms. The number of nitrogens with zero attached hydrogens (tertiary/aromatic N) is 2. The number of fused-ring (bicyclic) bond motifs is 1. The summed E-state index contributed by atoms with van der Waals surface area (Å²) in [4.78, 5) is 17.4. The number of rotatable bonds is 6. The predicted octanol–water partition coefficient (Wildman–Crippen LogP) is 6.35. The average molecular weight is 428 g/mol. The molecule has 0 bridgehead atoms. The van der Waals surface area contributed by atoms with Crippen molar-refractivity contribution in [1.82, 2.24) is 4.98 Å². The van der Waals surface area contributed by atoms with E-state index in [9.17, 15) is 9.18 Å². The minimum Gasteiger partial charge on any atom is -0.326 e. The van der Waals surface area contributed by atoms with Crippen LogP contribution < -0.4 is 5.32 Å². The fraction of sp³-hybridized carbons (Fsp3) is 0.296. The number of allylic oxidation sites excluding steroid dienone is 1. The molecule has 1 heterocycles. The first-order chi connectivity index (χ1) is 15.6. The van der Waals surface area contributed by atoms with Crippen LogP contribution >= 0.6 is 0 Å². The zero-order valence-electron chi connectivity index (χ0n) is 17.9. The summed E-state index contributed by atoms with van der Waals surface area (Å²) in [7, 11) is 0. The monoisotopic (exact) mass is 427 g/mol. The van der Waals surface area contributed by atoms with Crippen LogP contribution in [-0.4, -0.2) is 10.9 Å². The highest BCUT2D eigenvalue weighted by Crippen LogP contribution is 2.41. The minimum absolute atomic E-state index is 0.00268. The first-order valence-corrected chi connectivity index (χ1v) is 11.0. The van der Waals surface area contributed by atoms with Crippen LogP contribution in [0, 0.1) is 29.0 Å². The average Bonchev–Trinajstić information content (AvgIpc) is 2.82. The molecule has 32 heavy (non-hydrogen) atoms. The summed E-state index contributed by atoms with van der Waals surface area (Å²) < 4.78 is 13.6. The molecule has 1 N–H and O–H groups in total. The summed E-state index contributed by atoms with van der Waals surface area (Å²) in [6.07, 6.45) is 8.09. The smallest absolute Gasteiger partial charge is 0.228 e. The first kappa shape index (κ1) is 21.7. The topological polar surface area (TPSA) is 65.8 Å². The Bertz CT molecular complexity index is 1160. The SMILES string of the molecule is C=CCC(C(=O)Nc1ccc(C#N)cc1)[C@H]1CC[C@H](c2ccnc3cc(F)ccc32)CC1. The Balaban J connectivity index is 1.44. The summed E-state index contributed by atoms with van der Waals surface area (Å²) in [5.74, 6) is 0.267. The Hall–Kier alpha value is -3.52. The van der Waals surface area contributed by atoms with E-state index >= 15 is 0 Å². The molecule has 0 aliphatic heterocycles. The number of aromatic nitrogens is 1. The van der Waals surface area contributed by atoms with E-state index in [1.165, 1.54) is 17.7 Å². The Kier molecular flexibility index (Phi) is 6.61. The maximum absolute atomic E-state index is 13.6. The van der Waals surface area contributed by atoms with E-state index in [0.717, 1.165) is 31.1 Å². The molecule has 4 nitrogen and oxygen atoms in total. The van der Waals surface area contributed by atoms with Crippen LogP contribution in [0.1, 0.15) is 49.1 Å². The molecular formula is C27H26FN3O. The Morgan fingerprint density at radius 2 is 1.94 bits per heavy atom. The molecule has 1 aliphatic carbocycles. The van der Waals surface area contributed by atoms with E-state index in [0.29, 0.717) is 29.1 Å². The lowest BCUT2D eigenvalue weighted by atomic mass is 9.72. The number of nitriles is 1. The van der Waals surface area contributed by atoms with Gasteiger partial charge in [0.2, 0.25) is 5.91 Å². The van der Waals surface area contributed by atoms with Gasteiger partial charge in [-0.25, -0.2) is 4.39 Å². The van der Waals surface area contributed by atoms with E-state index in [4.69, 9.17) is 5.26 Å². The molecule has 0 radical (unpaired) electrons. The third-order valence-electron chi connectivity index (χ3n) is 6.56. The van der Waals surface area contributed by atoms with Crippen LogP contribution in [0.15, 0.2) is 67.4 Å². The van der Waals surface area contributed by atoms with Crippen molar-refractivity contribution in [1.29, 1.82) is 5.26 Å². The molecule has 2 aromatic carbocycles. The summed E-state index contributed by atoms with van der Waals surface area (Å²) in [5, 5.41) is 13.0. The zero-order valence-corrected chi connectivity index (χ0v) is 17.9. The molecule has 4 rings (SSSR count). The van der Waals surface area contributed by atoms with Crippen LogP contribution in [0.4, 0.5) is 10.1 Å². The molecule has 1 aliphatic rings. The van der Waals surface area contributed by atoms with Crippen molar-refractivity contribution < 1.29 is 9.18 Å². The Labute approximate surface area is 187 Å². The second-order valence-electron chi connectivity index (χ2n) is 8.48. The Morgan fingerprint density at radius 3 is 2.62 bits per heavy atom. The zero-order chi connectivity index (χ0) is 22.5. The van der Waals surface area contributed by atoms with Gasteiger partial charge in [0.15, 0.2) is 0 Å². The lowest BCUT2D eigenvalue weighted by Crippen LogP contribution is -2.31. The predicted molar refractivity (Wildman–Crippen MR) is 124 cm³/mol. The van der Waals surface area contributed by atoms with Crippen LogP contribution in [0.3, 0.4) is 0 Å². The van der Waals surface area contributed by atoms with Crippen LogP contribution in [0.5, 0.6) is 0 Å². The van der Waals surface area contributed by atoms with Gasteiger partial charge in [-0.05, 0) is 92.0 Å². The van der Waals surface area contributed by atoms with E-state index in [1.807, 2.05) is 18.2 Å². The van der Waals surface area contributed by atoms with E-state index in [1.54, 1.807) is 30.5 Å². The van der Waals surface area contributed by atoms with Gasteiger partial charge in [0.05, 0.1) is 17.1 Å². The van der Waals surface area contributed by atoms with Gasteiger partial charge in [-0.2, -0.15) is 5.26 Å². The van der Waals surface area contributed by atoms with Crippen molar-refractivity contribution in [2.24, 2.45) is 11.8 Å². The molecule has 1 aromatic heterocycles. The molecule has 5 heteroatoms. The number of carbonyl (C=O) groups excluding carboxylic acids is 1. The highest BCUT2D eigenvalue weighted by atomic mass is 19.1. The van der Waals surface area contributed by atoms with Gasteiger partial charge < -0.3 is 5.32 Å². The molecular weight excluding hydrogens is 401 g/mol. The van der Waals surface area contributed by atoms with Crippen LogP contribution in [0.25, 0.3) is 10.9 Å². The Morgan fingerprint density at radius 1 is 1.19 bits per heavy atom. The standard InChI is InChI=1S/C27H26FN3O/c1-2-3-24(27(32)31-22-11-4-18(17-29)5-12-22)20-8-6-19(7-9-20)23-14-15-30-26-16-21(28)10-13-25(23)26/h2,4-5,10-16,19-20,24H,1,3,6-9H2,(H,31,32)/t19-,20-,24?. The highest BCUT2D eigenvalue weighted by Gasteiger charge is 2.32. The van der Waals surface area contributed by atoms with Crippen molar-refractivity contribution in [3.05, 3.63) is 84.3 Å². The fourth-order valence-corrected chi connectivity index (χ4v) is 4.89. The first-order valence-electron chi connectivity index (χ1n) is 11.0. The van der Waals surface area contributed by atoms with E-state index in [2.05, 4.69) is 22.9 Å². The second kappa shape index (κ2) is 9.74. The van der Waals surface area contributed by atoms with Gasteiger partial charge in [0.1, 0.15) is 5.82 Å². The van der Waals surface area contributed by atoms with E-state index in [-0.39, 0.29) is 23.6 Å². The van der Waals surface area contributed by atoms with Gasteiger partial charge >= 0.3 is 0 Å². The summed E-state index contributed by atoms with van der Waals surface area (Å²) in [5.41, 5.74) is 3.18. The lowest BCUT2D eigenvalue weighted by Gasteiger charge is -2.33. The number of amides is 1. The third-order valence-corrected chi connectivity index (χ3v) is 6.56. The summed E-state index contributed by atoms with van der Waals surface area (Å²) >= 11 is 0. The molecule has 1 unspecified atom stereocenters. The van der Waals surface area contributed by atoms with Gasteiger partial charge in [-0.1, -0.05) is 6.08 Å². The molecule has 0 saturated heterocycles. The number of halogens is 1.